The van der Waals surface area contributed by atoms with Gasteiger partial charge in [-0.15, -0.1) is 10.2 Å². The van der Waals surface area contributed by atoms with Gasteiger partial charge in [0.25, 0.3) is 0 Å². The molecular formula is C23H35N7O2. The van der Waals surface area contributed by atoms with Crippen LogP contribution in [0.4, 0.5) is 5.69 Å². The average Bonchev–Trinajstić information content (AvgIpc) is 3.53. The molecule has 3 heterocycles. The summed E-state index contributed by atoms with van der Waals surface area (Å²) in [5, 5.41) is 11.8. The molecule has 0 saturated carbocycles. The summed E-state index contributed by atoms with van der Waals surface area (Å²) in [5.41, 5.74) is 1.15. The number of nitrogens with one attached hydrogen (secondary N) is 1. The predicted molar refractivity (Wildman–Crippen MR) is 125 cm³/mol. The number of aliphatic imine (C=N–C) groups is 1. The van der Waals surface area contributed by atoms with E-state index < -0.39 is 0 Å². The molecule has 2 aliphatic rings. The van der Waals surface area contributed by atoms with Gasteiger partial charge >= 0.3 is 0 Å². The molecule has 4 rings (SSSR count). The highest BCUT2D eigenvalue weighted by atomic mass is 16.5. The lowest BCUT2D eigenvalue weighted by Gasteiger charge is -2.38. The second-order valence-corrected chi connectivity index (χ2v) is 8.17. The minimum absolute atomic E-state index is 0.242. The van der Waals surface area contributed by atoms with E-state index in [9.17, 15) is 0 Å². The number of rotatable bonds is 8. The molecule has 2 aromatic rings. The molecule has 2 saturated heterocycles. The Morgan fingerprint density at radius 2 is 2.09 bits per heavy atom. The SMILES string of the molecule is CCc1nncn1CCNC(=NCC1CCCO1)N1CCN(c2ccccc2OC)CC1. The molecule has 1 atom stereocenters. The number of aryl methyl sites for hydroxylation is 1. The molecule has 9 nitrogen and oxygen atoms in total. The summed E-state index contributed by atoms with van der Waals surface area (Å²) < 4.78 is 13.4. The van der Waals surface area contributed by atoms with Gasteiger partial charge in [0, 0.05) is 52.3 Å². The van der Waals surface area contributed by atoms with Crippen molar-refractivity contribution in [3.05, 3.63) is 36.4 Å². The molecule has 0 bridgehead atoms. The molecule has 0 radical (unpaired) electrons. The van der Waals surface area contributed by atoms with Gasteiger partial charge in [0.15, 0.2) is 5.96 Å². The Bertz CT molecular complexity index is 871. The van der Waals surface area contributed by atoms with E-state index in [-0.39, 0.29) is 6.10 Å². The van der Waals surface area contributed by atoms with E-state index in [1.54, 1.807) is 13.4 Å². The van der Waals surface area contributed by atoms with Crippen molar-refractivity contribution in [1.29, 1.82) is 0 Å². The third kappa shape index (κ3) is 5.51. The lowest BCUT2D eigenvalue weighted by Crippen LogP contribution is -2.53. The number of piperazine rings is 1. The van der Waals surface area contributed by atoms with Crippen molar-refractivity contribution < 1.29 is 9.47 Å². The molecule has 2 fully saturated rings. The van der Waals surface area contributed by atoms with Gasteiger partial charge in [-0.2, -0.15) is 0 Å². The molecule has 0 amide bonds. The zero-order valence-corrected chi connectivity index (χ0v) is 19.2. The summed E-state index contributed by atoms with van der Waals surface area (Å²) in [6.07, 6.45) is 5.15. The van der Waals surface area contributed by atoms with Crippen LogP contribution < -0.4 is 15.0 Å². The topological polar surface area (TPSA) is 80.0 Å². The number of methoxy groups -OCH3 is 1. The smallest absolute Gasteiger partial charge is 0.194 e. The monoisotopic (exact) mass is 441 g/mol. The molecule has 1 aromatic heterocycles. The highest BCUT2D eigenvalue weighted by Crippen LogP contribution is 2.28. The lowest BCUT2D eigenvalue weighted by molar-refractivity contribution is 0.117. The van der Waals surface area contributed by atoms with E-state index in [1.165, 1.54) is 0 Å². The minimum Gasteiger partial charge on any atom is -0.495 e. The van der Waals surface area contributed by atoms with Gasteiger partial charge in [-0.25, -0.2) is 0 Å². The van der Waals surface area contributed by atoms with Gasteiger partial charge in [0.1, 0.15) is 17.9 Å². The highest BCUT2D eigenvalue weighted by molar-refractivity contribution is 5.80. The fourth-order valence-electron chi connectivity index (χ4n) is 4.32. The molecule has 2 aliphatic heterocycles. The van der Waals surface area contributed by atoms with E-state index >= 15 is 0 Å². The Morgan fingerprint density at radius 3 is 2.84 bits per heavy atom. The average molecular weight is 442 g/mol. The first-order valence-electron chi connectivity index (χ1n) is 11.7. The second kappa shape index (κ2) is 11.2. The number of benzene rings is 1. The normalized spacial score (nSPS) is 19.4. The maximum Gasteiger partial charge on any atom is 0.194 e. The van der Waals surface area contributed by atoms with Crippen LogP contribution >= 0.6 is 0 Å². The Balaban J connectivity index is 1.37. The molecule has 32 heavy (non-hydrogen) atoms. The number of anilines is 1. The Hall–Kier alpha value is -2.81. The van der Waals surface area contributed by atoms with Gasteiger partial charge in [0.05, 0.1) is 25.4 Å². The van der Waals surface area contributed by atoms with Gasteiger partial charge in [0.2, 0.25) is 0 Å². The second-order valence-electron chi connectivity index (χ2n) is 8.17. The number of hydrogen-bond donors (Lipinski definition) is 1. The van der Waals surface area contributed by atoms with Crippen molar-refractivity contribution in [3.63, 3.8) is 0 Å². The Kier molecular flexibility index (Phi) is 7.82. The van der Waals surface area contributed by atoms with Crippen LogP contribution in [0.5, 0.6) is 5.75 Å². The van der Waals surface area contributed by atoms with Crippen molar-refractivity contribution in [3.8, 4) is 5.75 Å². The maximum absolute atomic E-state index is 5.79. The number of guanidine groups is 1. The van der Waals surface area contributed by atoms with Gasteiger partial charge in [-0.05, 0) is 25.0 Å². The molecule has 0 spiro atoms. The van der Waals surface area contributed by atoms with E-state index in [0.29, 0.717) is 6.54 Å². The summed E-state index contributed by atoms with van der Waals surface area (Å²) in [6, 6.07) is 8.23. The fraction of sp³-hybridized carbons (Fsp3) is 0.609. The summed E-state index contributed by atoms with van der Waals surface area (Å²) in [4.78, 5) is 9.69. The summed E-state index contributed by atoms with van der Waals surface area (Å²) >= 11 is 0. The van der Waals surface area contributed by atoms with Crippen LogP contribution in [0.25, 0.3) is 0 Å². The summed E-state index contributed by atoms with van der Waals surface area (Å²) in [7, 11) is 1.73. The van der Waals surface area contributed by atoms with Crippen LogP contribution in [-0.2, 0) is 17.7 Å². The largest absolute Gasteiger partial charge is 0.495 e. The molecule has 9 heteroatoms. The number of hydrogen-bond acceptors (Lipinski definition) is 6. The van der Waals surface area contributed by atoms with E-state index in [1.807, 2.05) is 12.1 Å². The zero-order valence-electron chi connectivity index (χ0n) is 19.2. The fourth-order valence-corrected chi connectivity index (χ4v) is 4.32. The zero-order chi connectivity index (χ0) is 22.2. The molecule has 0 aliphatic carbocycles. The summed E-state index contributed by atoms with van der Waals surface area (Å²) in [6.45, 7) is 8.92. The number of ether oxygens (including phenoxy) is 2. The van der Waals surface area contributed by atoms with E-state index in [2.05, 4.69) is 48.9 Å². The molecule has 1 aromatic carbocycles. The van der Waals surface area contributed by atoms with E-state index in [4.69, 9.17) is 14.5 Å². The number of para-hydroxylation sites is 2. The van der Waals surface area contributed by atoms with Crippen LogP contribution in [0.3, 0.4) is 0 Å². The standard InChI is InChI=1S/C23H35N7O2/c1-3-22-27-26-18-30(22)11-10-24-23(25-17-19-7-6-16-32-19)29-14-12-28(13-15-29)20-8-4-5-9-21(20)31-2/h4-5,8-9,18-19H,3,6-7,10-17H2,1-2H3,(H,24,25). The van der Waals surface area contributed by atoms with Crippen LogP contribution in [0.1, 0.15) is 25.6 Å². The highest BCUT2D eigenvalue weighted by Gasteiger charge is 2.23. The van der Waals surface area contributed by atoms with Crippen molar-refractivity contribution in [2.75, 3.05) is 57.9 Å². The Labute approximate surface area is 190 Å². The first-order valence-corrected chi connectivity index (χ1v) is 11.7. The minimum atomic E-state index is 0.242. The molecule has 1 N–H and O–H groups in total. The van der Waals surface area contributed by atoms with Crippen molar-refractivity contribution in [1.82, 2.24) is 25.0 Å². The predicted octanol–water partition coefficient (Wildman–Crippen LogP) is 1.80. The van der Waals surface area contributed by atoms with Crippen molar-refractivity contribution >= 4 is 11.6 Å². The molecule has 1 unspecified atom stereocenters. The van der Waals surface area contributed by atoms with Crippen LogP contribution in [0, 0.1) is 0 Å². The third-order valence-electron chi connectivity index (χ3n) is 6.12. The van der Waals surface area contributed by atoms with Gasteiger partial charge in [-0.3, -0.25) is 4.99 Å². The number of aromatic nitrogens is 3. The third-order valence-corrected chi connectivity index (χ3v) is 6.12. The van der Waals surface area contributed by atoms with Crippen LogP contribution in [0.2, 0.25) is 0 Å². The quantitative estimate of drug-likeness (QED) is 0.494. The van der Waals surface area contributed by atoms with Gasteiger partial charge in [-0.1, -0.05) is 19.1 Å². The molecular weight excluding hydrogens is 406 g/mol. The maximum atomic E-state index is 5.79. The summed E-state index contributed by atoms with van der Waals surface area (Å²) in [5.74, 6) is 2.90. The van der Waals surface area contributed by atoms with Crippen LogP contribution in [0.15, 0.2) is 35.6 Å². The lowest BCUT2D eigenvalue weighted by atomic mass is 10.2. The van der Waals surface area contributed by atoms with Crippen LogP contribution in [-0.4, -0.2) is 84.7 Å². The van der Waals surface area contributed by atoms with Crippen molar-refractivity contribution in [2.45, 2.75) is 38.8 Å². The first kappa shape index (κ1) is 22.4. The van der Waals surface area contributed by atoms with E-state index in [0.717, 1.165) is 88.4 Å². The van der Waals surface area contributed by atoms with Crippen molar-refractivity contribution in [2.24, 2.45) is 4.99 Å². The van der Waals surface area contributed by atoms with Gasteiger partial charge < -0.3 is 29.2 Å². The Morgan fingerprint density at radius 1 is 1.25 bits per heavy atom. The first-order chi connectivity index (χ1) is 15.8. The molecule has 174 valence electrons. The number of nitrogens with zero attached hydrogens (tertiary/aromatic N) is 6.